The molecule has 0 aromatic heterocycles. The Bertz CT molecular complexity index is 314. The molecule has 1 rings (SSSR count). The van der Waals surface area contributed by atoms with Crippen LogP contribution in [0.1, 0.15) is 31.2 Å². The van der Waals surface area contributed by atoms with Gasteiger partial charge in [-0.1, -0.05) is 6.92 Å². The van der Waals surface area contributed by atoms with E-state index in [1.807, 2.05) is 0 Å². The first kappa shape index (κ1) is 12.0. The van der Waals surface area contributed by atoms with Crippen LogP contribution in [0.25, 0.3) is 0 Å². The Morgan fingerprint density at radius 1 is 1.47 bits per heavy atom. The third kappa shape index (κ3) is 3.20. The second-order valence-corrected chi connectivity index (χ2v) is 3.72. The fourth-order valence-electron chi connectivity index (χ4n) is 1.67. The van der Waals surface area contributed by atoms with Crippen molar-refractivity contribution < 1.29 is 9.13 Å². The fraction of sp³-hybridized carbons (Fsp3) is 0.500. The minimum atomic E-state index is -0.217. The lowest BCUT2D eigenvalue weighted by atomic mass is 9.95. The third-order valence-corrected chi connectivity index (χ3v) is 2.56. The molecule has 0 fully saturated rings. The average molecular weight is 211 g/mol. The van der Waals surface area contributed by atoms with E-state index in [2.05, 4.69) is 6.92 Å². The summed E-state index contributed by atoms with van der Waals surface area (Å²) in [5.41, 5.74) is 6.37. The van der Waals surface area contributed by atoms with Crippen molar-refractivity contribution in [1.82, 2.24) is 0 Å². The molecule has 0 saturated heterocycles. The number of rotatable bonds is 5. The highest BCUT2D eigenvalue weighted by Gasteiger charge is 2.11. The van der Waals surface area contributed by atoms with Gasteiger partial charge in [0.05, 0.1) is 7.11 Å². The lowest BCUT2D eigenvalue weighted by Crippen LogP contribution is -2.03. The topological polar surface area (TPSA) is 35.2 Å². The van der Waals surface area contributed by atoms with Gasteiger partial charge in [-0.25, -0.2) is 4.39 Å². The highest BCUT2D eigenvalue weighted by molar-refractivity contribution is 5.36. The van der Waals surface area contributed by atoms with Crippen LogP contribution >= 0.6 is 0 Å². The van der Waals surface area contributed by atoms with Crippen LogP contribution in [0, 0.1) is 5.82 Å². The van der Waals surface area contributed by atoms with Gasteiger partial charge in [-0.15, -0.1) is 0 Å². The first-order valence-electron chi connectivity index (χ1n) is 5.22. The number of hydrogen-bond donors (Lipinski definition) is 1. The van der Waals surface area contributed by atoms with Crippen LogP contribution in [0.15, 0.2) is 18.2 Å². The lowest BCUT2D eigenvalue weighted by Gasteiger charge is -2.15. The number of hydrogen-bond acceptors (Lipinski definition) is 2. The molecular weight excluding hydrogens is 193 g/mol. The van der Waals surface area contributed by atoms with E-state index in [-0.39, 0.29) is 11.7 Å². The predicted molar refractivity (Wildman–Crippen MR) is 59.7 cm³/mol. The van der Waals surface area contributed by atoms with E-state index in [4.69, 9.17) is 10.5 Å². The van der Waals surface area contributed by atoms with Crippen LogP contribution in [-0.2, 0) is 0 Å². The second-order valence-electron chi connectivity index (χ2n) is 3.72. The molecule has 1 unspecified atom stereocenters. The summed E-state index contributed by atoms with van der Waals surface area (Å²) in [4.78, 5) is 0. The van der Waals surface area contributed by atoms with Gasteiger partial charge in [0.15, 0.2) is 0 Å². The zero-order chi connectivity index (χ0) is 11.3. The van der Waals surface area contributed by atoms with Crippen LogP contribution in [0.3, 0.4) is 0 Å². The van der Waals surface area contributed by atoms with Crippen molar-refractivity contribution in [3.63, 3.8) is 0 Å². The van der Waals surface area contributed by atoms with Gasteiger partial charge in [-0.2, -0.15) is 0 Å². The standard InChI is InChI=1S/C12H18FNO/c1-9(4-3-7-14)11-8-10(13)5-6-12(11)15-2/h5-6,8-9H,3-4,7,14H2,1-2H3. The molecule has 2 nitrogen and oxygen atoms in total. The Kier molecular flexibility index (Phi) is 4.56. The number of benzene rings is 1. The molecule has 0 aliphatic carbocycles. The van der Waals surface area contributed by atoms with E-state index in [9.17, 15) is 4.39 Å². The number of ether oxygens (including phenoxy) is 1. The summed E-state index contributed by atoms with van der Waals surface area (Å²) in [5, 5.41) is 0. The molecular formula is C12H18FNO. The molecule has 1 atom stereocenters. The molecule has 0 aliphatic rings. The average Bonchev–Trinajstić information content (AvgIpc) is 2.25. The van der Waals surface area contributed by atoms with Crippen molar-refractivity contribution in [1.29, 1.82) is 0 Å². The monoisotopic (exact) mass is 211 g/mol. The Morgan fingerprint density at radius 3 is 2.80 bits per heavy atom. The van der Waals surface area contributed by atoms with E-state index >= 15 is 0 Å². The summed E-state index contributed by atoms with van der Waals surface area (Å²) in [6, 6.07) is 4.63. The maximum Gasteiger partial charge on any atom is 0.123 e. The number of halogens is 1. The Morgan fingerprint density at radius 2 is 2.20 bits per heavy atom. The molecule has 0 heterocycles. The van der Waals surface area contributed by atoms with Crippen molar-refractivity contribution >= 4 is 0 Å². The number of methoxy groups -OCH3 is 1. The zero-order valence-corrected chi connectivity index (χ0v) is 9.29. The summed E-state index contributed by atoms with van der Waals surface area (Å²) < 4.78 is 18.3. The summed E-state index contributed by atoms with van der Waals surface area (Å²) in [6.07, 6.45) is 1.90. The van der Waals surface area contributed by atoms with Crippen LogP contribution < -0.4 is 10.5 Å². The third-order valence-electron chi connectivity index (χ3n) is 2.56. The van der Waals surface area contributed by atoms with Crippen molar-refractivity contribution in [2.75, 3.05) is 13.7 Å². The minimum absolute atomic E-state index is 0.217. The van der Waals surface area contributed by atoms with Gasteiger partial charge >= 0.3 is 0 Å². The van der Waals surface area contributed by atoms with E-state index in [1.54, 1.807) is 19.2 Å². The first-order valence-corrected chi connectivity index (χ1v) is 5.22. The van der Waals surface area contributed by atoms with Gasteiger partial charge in [0.25, 0.3) is 0 Å². The fourth-order valence-corrected chi connectivity index (χ4v) is 1.67. The molecule has 0 radical (unpaired) electrons. The predicted octanol–water partition coefficient (Wildman–Crippen LogP) is 2.68. The van der Waals surface area contributed by atoms with Crippen LogP contribution in [0.4, 0.5) is 4.39 Å². The van der Waals surface area contributed by atoms with Gasteiger partial charge in [0, 0.05) is 0 Å². The summed E-state index contributed by atoms with van der Waals surface area (Å²) in [7, 11) is 1.60. The molecule has 0 aliphatic heterocycles. The molecule has 2 N–H and O–H groups in total. The van der Waals surface area contributed by atoms with Crippen LogP contribution in [-0.4, -0.2) is 13.7 Å². The van der Waals surface area contributed by atoms with Crippen molar-refractivity contribution in [2.24, 2.45) is 5.73 Å². The zero-order valence-electron chi connectivity index (χ0n) is 9.29. The lowest BCUT2D eigenvalue weighted by molar-refractivity contribution is 0.403. The summed E-state index contributed by atoms with van der Waals surface area (Å²) in [6.45, 7) is 2.73. The molecule has 15 heavy (non-hydrogen) atoms. The molecule has 0 bridgehead atoms. The van der Waals surface area contributed by atoms with Gasteiger partial charge in [0.1, 0.15) is 11.6 Å². The summed E-state index contributed by atoms with van der Waals surface area (Å²) in [5.74, 6) is 0.811. The van der Waals surface area contributed by atoms with Crippen LogP contribution in [0.5, 0.6) is 5.75 Å². The highest BCUT2D eigenvalue weighted by atomic mass is 19.1. The quantitative estimate of drug-likeness (QED) is 0.812. The largest absolute Gasteiger partial charge is 0.496 e. The van der Waals surface area contributed by atoms with Gasteiger partial charge in [0.2, 0.25) is 0 Å². The molecule has 3 heteroatoms. The second kappa shape index (κ2) is 5.71. The SMILES string of the molecule is COc1ccc(F)cc1C(C)CCCN. The van der Waals surface area contributed by atoms with E-state index in [1.165, 1.54) is 6.07 Å². The number of nitrogens with two attached hydrogens (primary N) is 1. The molecule has 0 saturated carbocycles. The molecule has 1 aromatic rings. The highest BCUT2D eigenvalue weighted by Crippen LogP contribution is 2.29. The Balaban J connectivity index is 2.85. The van der Waals surface area contributed by atoms with E-state index in [0.29, 0.717) is 6.54 Å². The van der Waals surface area contributed by atoms with E-state index < -0.39 is 0 Å². The Labute approximate surface area is 90.2 Å². The normalized spacial score (nSPS) is 12.5. The van der Waals surface area contributed by atoms with Crippen molar-refractivity contribution in [3.05, 3.63) is 29.6 Å². The Hall–Kier alpha value is -1.09. The van der Waals surface area contributed by atoms with Gasteiger partial charge in [-0.3, -0.25) is 0 Å². The van der Waals surface area contributed by atoms with E-state index in [0.717, 1.165) is 24.2 Å². The van der Waals surface area contributed by atoms with Crippen LogP contribution in [0.2, 0.25) is 0 Å². The molecule has 0 amide bonds. The molecule has 1 aromatic carbocycles. The minimum Gasteiger partial charge on any atom is -0.496 e. The maximum atomic E-state index is 13.1. The molecule has 84 valence electrons. The summed E-state index contributed by atoms with van der Waals surface area (Å²) >= 11 is 0. The first-order chi connectivity index (χ1) is 7.19. The molecule has 0 spiro atoms. The van der Waals surface area contributed by atoms with Crippen molar-refractivity contribution in [3.8, 4) is 5.75 Å². The van der Waals surface area contributed by atoms with Crippen molar-refractivity contribution in [2.45, 2.75) is 25.7 Å². The smallest absolute Gasteiger partial charge is 0.123 e. The van der Waals surface area contributed by atoms with Gasteiger partial charge in [-0.05, 0) is 49.1 Å². The maximum absolute atomic E-state index is 13.1. The van der Waals surface area contributed by atoms with Gasteiger partial charge < -0.3 is 10.5 Å².